The van der Waals surface area contributed by atoms with E-state index in [1.54, 1.807) is 6.07 Å². The van der Waals surface area contributed by atoms with Crippen LogP contribution in [0.3, 0.4) is 0 Å². The molecule has 1 rings (SSSR count). The SMILES string of the molecule is CCCCS(=O)(=O)Nc1ccc(OC)c([N+]#N)c1.[Cl-].[Cl][Zn][Cl]. The number of sulfonamides is 1. The van der Waals surface area contributed by atoms with Crippen molar-refractivity contribution in [2.75, 3.05) is 17.6 Å². The van der Waals surface area contributed by atoms with E-state index in [4.69, 9.17) is 29.5 Å². The number of benzene rings is 1. The molecule has 0 saturated carbocycles. The van der Waals surface area contributed by atoms with E-state index in [2.05, 4.69) is 9.70 Å². The van der Waals surface area contributed by atoms with Crippen LogP contribution in [0, 0.1) is 5.39 Å². The molecule has 6 nitrogen and oxygen atoms in total. The summed E-state index contributed by atoms with van der Waals surface area (Å²) in [5, 5.41) is 8.78. The van der Waals surface area contributed by atoms with E-state index in [9.17, 15) is 8.42 Å². The van der Waals surface area contributed by atoms with Crippen molar-refractivity contribution >= 4 is 40.8 Å². The molecule has 0 saturated heterocycles. The second-order valence-electron chi connectivity index (χ2n) is 3.86. The number of hydrogen-bond acceptors (Lipinski definition) is 4. The van der Waals surface area contributed by atoms with Crippen LogP contribution in [-0.2, 0) is 25.2 Å². The van der Waals surface area contributed by atoms with Crippen LogP contribution < -0.4 is 21.9 Å². The predicted octanol–water partition coefficient (Wildman–Crippen LogP) is 1.10. The molecule has 0 heterocycles. The van der Waals surface area contributed by atoms with Crippen molar-refractivity contribution < 1.29 is 40.7 Å². The van der Waals surface area contributed by atoms with Crippen molar-refractivity contribution in [3.05, 3.63) is 23.2 Å². The molecule has 0 spiro atoms. The number of nitrogens with one attached hydrogen (secondary N) is 1. The van der Waals surface area contributed by atoms with E-state index in [1.165, 1.54) is 19.2 Å². The second-order valence-corrected chi connectivity index (χ2v) is 10.3. The Balaban J connectivity index is 0. The molecule has 0 aliphatic carbocycles. The zero-order valence-electron chi connectivity index (χ0n) is 12.2. The van der Waals surface area contributed by atoms with E-state index in [1.807, 2.05) is 6.92 Å². The first-order chi connectivity index (χ1) is 9.93. The Morgan fingerprint density at radius 1 is 1.41 bits per heavy atom. The summed E-state index contributed by atoms with van der Waals surface area (Å²) < 4.78 is 30.7. The maximum absolute atomic E-state index is 11.7. The van der Waals surface area contributed by atoms with Crippen LogP contribution in [0.1, 0.15) is 19.8 Å². The molecule has 122 valence electrons. The van der Waals surface area contributed by atoms with E-state index < -0.39 is 25.2 Å². The summed E-state index contributed by atoms with van der Waals surface area (Å²) in [6.07, 6.45) is 1.41. The number of hydrogen-bond donors (Lipinski definition) is 1. The van der Waals surface area contributed by atoms with Crippen molar-refractivity contribution in [2.24, 2.45) is 0 Å². The number of diazo groups is 1. The third-order valence-electron chi connectivity index (χ3n) is 2.33. The van der Waals surface area contributed by atoms with Gasteiger partial charge in [0.1, 0.15) is 0 Å². The van der Waals surface area contributed by atoms with Crippen molar-refractivity contribution in [3.63, 3.8) is 0 Å². The van der Waals surface area contributed by atoms with Crippen LogP contribution in [-0.4, -0.2) is 21.3 Å². The number of rotatable bonds is 6. The van der Waals surface area contributed by atoms with Crippen LogP contribution in [0.15, 0.2) is 18.2 Å². The molecule has 0 atom stereocenters. The van der Waals surface area contributed by atoms with Crippen molar-refractivity contribution in [3.8, 4) is 5.75 Å². The molecule has 0 fully saturated rings. The standard InChI is InChI=1S/C11H16N3O3S.3ClH.Zn/c1-3-4-7-18(15,16)14-9-5-6-11(17-2)10(8-9)13-12;;;;/h5-6,8,14H,3-4,7H2,1-2H3;3*1H;/q+1;;;;+2/p-3. The minimum absolute atomic E-state index is 0. The molecule has 0 aromatic heterocycles. The number of nitrogens with zero attached hydrogens (tertiary/aromatic N) is 2. The van der Waals surface area contributed by atoms with Crippen molar-refractivity contribution in [2.45, 2.75) is 19.8 Å². The molecule has 22 heavy (non-hydrogen) atoms. The number of methoxy groups -OCH3 is 1. The van der Waals surface area contributed by atoms with Crippen LogP contribution in [0.2, 0.25) is 0 Å². The van der Waals surface area contributed by atoms with Gasteiger partial charge in [-0.15, -0.1) is 0 Å². The maximum atomic E-state index is 11.7. The molecule has 0 radical (unpaired) electrons. The van der Waals surface area contributed by atoms with Gasteiger partial charge in [0, 0.05) is 0 Å². The van der Waals surface area contributed by atoms with Gasteiger partial charge in [-0.25, -0.2) is 8.42 Å². The Morgan fingerprint density at radius 3 is 2.45 bits per heavy atom. The fourth-order valence-corrected chi connectivity index (χ4v) is 2.65. The van der Waals surface area contributed by atoms with Gasteiger partial charge in [0.05, 0.1) is 24.6 Å². The van der Waals surface area contributed by atoms with Crippen molar-refractivity contribution in [1.82, 2.24) is 0 Å². The van der Waals surface area contributed by atoms with E-state index >= 15 is 0 Å². The first-order valence-corrected chi connectivity index (χ1v) is 15.5. The van der Waals surface area contributed by atoms with E-state index in [-0.39, 0.29) is 23.8 Å². The zero-order valence-corrected chi connectivity index (χ0v) is 18.3. The van der Waals surface area contributed by atoms with Gasteiger partial charge in [-0.3, -0.25) is 4.72 Å². The molecular formula is C11H16Cl3N3O3SZn. The summed E-state index contributed by atoms with van der Waals surface area (Å²) in [5.41, 5.74) is 0.521. The molecule has 0 aliphatic rings. The zero-order chi connectivity index (χ0) is 16.3. The Kier molecular flexibility index (Phi) is 14.3. The van der Waals surface area contributed by atoms with Gasteiger partial charge in [-0.05, 0) is 18.6 Å². The third kappa shape index (κ3) is 9.65. The Morgan fingerprint density at radius 2 is 2.00 bits per heavy atom. The predicted molar refractivity (Wildman–Crippen MR) is 81.8 cm³/mol. The summed E-state index contributed by atoms with van der Waals surface area (Å²) in [4.78, 5) is 3.03. The molecule has 0 bridgehead atoms. The van der Waals surface area contributed by atoms with E-state index in [0.29, 0.717) is 17.9 Å². The number of anilines is 1. The monoisotopic (exact) mass is 439 g/mol. The number of unbranched alkanes of at least 4 members (excludes halogenated alkanes) is 1. The summed E-state index contributed by atoms with van der Waals surface area (Å²) in [5.74, 6) is 0.440. The summed E-state index contributed by atoms with van der Waals surface area (Å²) in [6.45, 7) is 1.92. The molecule has 0 amide bonds. The Hall–Kier alpha value is -0.317. The topological polar surface area (TPSA) is 83.6 Å². The van der Waals surface area contributed by atoms with Crippen molar-refractivity contribution in [1.29, 1.82) is 5.39 Å². The fourth-order valence-electron chi connectivity index (χ4n) is 1.40. The fraction of sp³-hybridized carbons (Fsp3) is 0.455. The van der Waals surface area contributed by atoms with Gasteiger partial charge in [-0.1, -0.05) is 13.3 Å². The van der Waals surface area contributed by atoms with Gasteiger partial charge in [0.2, 0.25) is 21.2 Å². The van der Waals surface area contributed by atoms with E-state index in [0.717, 1.165) is 6.42 Å². The number of ether oxygens (including phenoxy) is 1. The molecule has 1 aromatic carbocycles. The Bertz CT molecular complexity index is 582. The molecule has 1 aromatic rings. The molecule has 0 unspecified atom stereocenters. The molecule has 1 N–H and O–H groups in total. The first-order valence-electron chi connectivity index (χ1n) is 6.09. The average Bonchev–Trinajstić information content (AvgIpc) is 2.45. The second kappa shape index (κ2) is 13.2. The molecule has 0 aliphatic heterocycles. The summed E-state index contributed by atoms with van der Waals surface area (Å²) in [6, 6.07) is 4.49. The number of halogens is 3. The molecular weight excluding hydrogens is 426 g/mol. The normalized spacial score (nSPS) is 9.23. The van der Waals surface area contributed by atoms with Gasteiger partial charge in [-0.2, -0.15) is 0 Å². The third-order valence-corrected chi connectivity index (χ3v) is 3.70. The van der Waals surface area contributed by atoms with Gasteiger partial charge < -0.3 is 17.1 Å². The minimum atomic E-state index is -3.36. The van der Waals surface area contributed by atoms with Gasteiger partial charge >= 0.3 is 40.2 Å². The van der Waals surface area contributed by atoms with Crippen LogP contribution in [0.25, 0.3) is 4.98 Å². The quantitative estimate of drug-likeness (QED) is 0.529. The summed E-state index contributed by atoms with van der Waals surface area (Å²) in [7, 11) is 7.99. The van der Waals surface area contributed by atoms with Crippen LogP contribution in [0.4, 0.5) is 11.4 Å². The Labute approximate surface area is 152 Å². The summed E-state index contributed by atoms with van der Waals surface area (Å²) >= 11 is -0.931. The van der Waals surface area contributed by atoms with Gasteiger partial charge in [0.25, 0.3) is 0 Å². The molecule has 11 heteroatoms. The van der Waals surface area contributed by atoms with Crippen LogP contribution in [0.5, 0.6) is 5.75 Å². The average molecular weight is 442 g/mol. The van der Waals surface area contributed by atoms with Crippen LogP contribution >= 0.6 is 19.4 Å². The first kappa shape index (κ1) is 23.9. The van der Waals surface area contributed by atoms with Gasteiger partial charge in [0.15, 0.2) is 4.98 Å².